The molecule has 0 spiro atoms. The summed E-state index contributed by atoms with van der Waals surface area (Å²) in [5, 5.41) is 3.70. The summed E-state index contributed by atoms with van der Waals surface area (Å²) in [7, 11) is 4.31. The van der Waals surface area contributed by atoms with Crippen LogP contribution in [0.1, 0.15) is 47.5 Å². The Morgan fingerprint density at radius 2 is 1.53 bits per heavy atom. The van der Waals surface area contributed by atoms with Crippen molar-refractivity contribution in [1.29, 1.82) is 0 Å². The van der Waals surface area contributed by atoms with Crippen LogP contribution >= 0.6 is 0 Å². The molecule has 0 heterocycles. The van der Waals surface area contributed by atoms with Crippen LogP contribution in [0.5, 0.6) is 0 Å². The zero-order valence-corrected chi connectivity index (χ0v) is 14.4. The Labute approximate surface area is 121 Å². The minimum Gasteiger partial charge on any atom is -0.312 e. The summed E-state index contributed by atoms with van der Waals surface area (Å²) in [6.45, 7) is 16.1. The number of nitrogens with zero attached hydrogens (tertiary/aromatic N) is 2. The molecule has 0 fully saturated rings. The number of hydrogen-bond donors (Lipinski definition) is 1. The largest absolute Gasteiger partial charge is 0.312 e. The topological polar surface area (TPSA) is 18.5 Å². The van der Waals surface area contributed by atoms with Gasteiger partial charge in [0.05, 0.1) is 0 Å². The summed E-state index contributed by atoms with van der Waals surface area (Å²) < 4.78 is 0. The normalized spacial score (nSPS) is 14.1. The summed E-state index contributed by atoms with van der Waals surface area (Å²) in [5.74, 6) is 0.734. The van der Waals surface area contributed by atoms with Crippen molar-refractivity contribution in [3.8, 4) is 0 Å². The second-order valence-electron chi connectivity index (χ2n) is 6.46. The van der Waals surface area contributed by atoms with Crippen LogP contribution < -0.4 is 5.32 Å². The van der Waals surface area contributed by atoms with Crippen molar-refractivity contribution >= 4 is 0 Å². The van der Waals surface area contributed by atoms with E-state index in [-0.39, 0.29) is 0 Å². The zero-order chi connectivity index (χ0) is 14.8. The van der Waals surface area contributed by atoms with Crippen molar-refractivity contribution in [1.82, 2.24) is 15.1 Å². The average Bonchev–Trinajstić information content (AvgIpc) is 2.34. The van der Waals surface area contributed by atoms with E-state index >= 15 is 0 Å². The van der Waals surface area contributed by atoms with Crippen molar-refractivity contribution in [2.45, 2.75) is 59.5 Å². The maximum Gasteiger partial charge on any atom is 0.0193 e. The van der Waals surface area contributed by atoms with E-state index < -0.39 is 0 Å². The van der Waals surface area contributed by atoms with Gasteiger partial charge in [-0.05, 0) is 39.8 Å². The summed E-state index contributed by atoms with van der Waals surface area (Å²) in [6.07, 6.45) is 2.45. The molecular formula is C16H37N3. The Morgan fingerprint density at radius 3 is 1.95 bits per heavy atom. The molecule has 0 radical (unpaired) electrons. The minimum atomic E-state index is 0.614. The van der Waals surface area contributed by atoms with Gasteiger partial charge >= 0.3 is 0 Å². The van der Waals surface area contributed by atoms with Crippen LogP contribution in [-0.4, -0.2) is 62.2 Å². The summed E-state index contributed by atoms with van der Waals surface area (Å²) in [6, 6.07) is 1.29. The smallest absolute Gasteiger partial charge is 0.0193 e. The third kappa shape index (κ3) is 9.42. The van der Waals surface area contributed by atoms with Gasteiger partial charge in [0.2, 0.25) is 0 Å². The van der Waals surface area contributed by atoms with Crippen molar-refractivity contribution in [2.24, 2.45) is 5.92 Å². The maximum absolute atomic E-state index is 3.70. The Morgan fingerprint density at radius 1 is 0.947 bits per heavy atom. The second kappa shape index (κ2) is 10.6. The molecule has 0 bridgehead atoms. The number of nitrogens with one attached hydrogen (secondary N) is 1. The molecule has 0 aromatic rings. The van der Waals surface area contributed by atoms with E-state index in [1.165, 1.54) is 19.4 Å². The van der Waals surface area contributed by atoms with Crippen LogP contribution in [0.15, 0.2) is 0 Å². The average molecular weight is 271 g/mol. The Balaban J connectivity index is 4.23. The fraction of sp³-hybridized carbons (Fsp3) is 1.00. The Bertz CT molecular complexity index is 200. The predicted molar refractivity (Wildman–Crippen MR) is 86.8 cm³/mol. The molecule has 3 heteroatoms. The third-order valence-corrected chi connectivity index (χ3v) is 3.74. The highest BCUT2D eigenvalue weighted by Crippen LogP contribution is 2.05. The van der Waals surface area contributed by atoms with Gasteiger partial charge in [0, 0.05) is 38.3 Å². The van der Waals surface area contributed by atoms with Gasteiger partial charge < -0.3 is 10.2 Å². The van der Waals surface area contributed by atoms with Crippen molar-refractivity contribution in [3.63, 3.8) is 0 Å². The first-order chi connectivity index (χ1) is 8.90. The standard InChI is InChI=1S/C16H37N3/c1-8-16(9-2)17-12-15(5)19(13-14(3)4)11-10-18(6)7/h14-17H,8-13H2,1-7H3. The monoisotopic (exact) mass is 271 g/mol. The van der Waals surface area contributed by atoms with E-state index in [1.54, 1.807) is 0 Å². The lowest BCUT2D eigenvalue weighted by molar-refractivity contribution is 0.164. The van der Waals surface area contributed by atoms with Gasteiger partial charge in [-0.2, -0.15) is 0 Å². The zero-order valence-electron chi connectivity index (χ0n) is 14.4. The van der Waals surface area contributed by atoms with Gasteiger partial charge in [0.15, 0.2) is 0 Å². The molecule has 0 aliphatic rings. The SMILES string of the molecule is CCC(CC)NCC(C)N(CCN(C)C)CC(C)C. The van der Waals surface area contributed by atoms with E-state index in [1.807, 2.05) is 0 Å². The Hall–Kier alpha value is -0.120. The quantitative estimate of drug-likeness (QED) is 0.623. The molecule has 0 amide bonds. The molecule has 0 saturated heterocycles. The molecule has 0 aliphatic carbocycles. The van der Waals surface area contributed by atoms with Gasteiger partial charge in [-0.25, -0.2) is 0 Å². The predicted octanol–water partition coefficient (Wildman–Crippen LogP) is 2.67. The first-order valence-corrected chi connectivity index (χ1v) is 8.02. The van der Waals surface area contributed by atoms with Gasteiger partial charge in [0.1, 0.15) is 0 Å². The van der Waals surface area contributed by atoms with Crippen LogP contribution in [0.4, 0.5) is 0 Å². The molecule has 0 aromatic carbocycles. The van der Waals surface area contributed by atoms with E-state index in [0.29, 0.717) is 12.1 Å². The van der Waals surface area contributed by atoms with Gasteiger partial charge in [-0.3, -0.25) is 4.90 Å². The first kappa shape index (κ1) is 18.9. The molecule has 0 saturated carbocycles. The fourth-order valence-electron chi connectivity index (χ4n) is 2.33. The number of hydrogen-bond acceptors (Lipinski definition) is 3. The van der Waals surface area contributed by atoms with Crippen molar-refractivity contribution in [3.05, 3.63) is 0 Å². The summed E-state index contributed by atoms with van der Waals surface area (Å²) >= 11 is 0. The summed E-state index contributed by atoms with van der Waals surface area (Å²) in [5.41, 5.74) is 0. The molecular weight excluding hydrogens is 234 g/mol. The lowest BCUT2D eigenvalue weighted by Gasteiger charge is -2.32. The second-order valence-corrected chi connectivity index (χ2v) is 6.46. The minimum absolute atomic E-state index is 0.614. The molecule has 3 nitrogen and oxygen atoms in total. The highest BCUT2D eigenvalue weighted by atomic mass is 15.2. The molecule has 116 valence electrons. The van der Waals surface area contributed by atoms with Crippen LogP contribution in [-0.2, 0) is 0 Å². The third-order valence-electron chi connectivity index (χ3n) is 3.74. The molecule has 19 heavy (non-hydrogen) atoms. The van der Waals surface area contributed by atoms with E-state index in [4.69, 9.17) is 0 Å². The van der Waals surface area contributed by atoms with Crippen LogP contribution in [0.25, 0.3) is 0 Å². The molecule has 1 unspecified atom stereocenters. The first-order valence-electron chi connectivity index (χ1n) is 8.02. The van der Waals surface area contributed by atoms with Gasteiger partial charge in [-0.15, -0.1) is 0 Å². The highest BCUT2D eigenvalue weighted by Gasteiger charge is 2.16. The molecule has 0 aromatic heterocycles. The molecule has 1 N–H and O–H groups in total. The molecule has 1 atom stereocenters. The van der Waals surface area contributed by atoms with E-state index in [0.717, 1.165) is 25.6 Å². The fourth-order valence-corrected chi connectivity index (χ4v) is 2.33. The summed E-state index contributed by atoms with van der Waals surface area (Å²) in [4.78, 5) is 4.90. The van der Waals surface area contributed by atoms with Crippen LogP contribution in [0.3, 0.4) is 0 Å². The van der Waals surface area contributed by atoms with E-state index in [9.17, 15) is 0 Å². The molecule has 0 rings (SSSR count). The maximum atomic E-state index is 3.70. The number of likely N-dealkylation sites (N-methyl/N-ethyl adjacent to an activating group) is 1. The highest BCUT2D eigenvalue weighted by molar-refractivity contribution is 4.74. The van der Waals surface area contributed by atoms with Gasteiger partial charge in [-0.1, -0.05) is 27.7 Å². The number of rotatable bonds is 11. The van der Waals surface area contributed by atoms with Crippen molar-refractivity contribution < 1.29 is 0 Å². The van der Waals surface area contributed by atoms with E-state index in [2.05, 4.69) is 63.8 Å². The lowest BCUT2D eigenvalue weighted by Crippen LogP contribution is -2.46. The lowest BCUT2D eigenvalue weighted by atomic mass is 10.1. The Kier molecular flexibility index (Phi) is 10.6. The van der Waals surface area contributed by atoms with Crippen molar-refractivity contribution in [2.75, 3.05) is 40.3 Å². The van der Waals surface area contributed by atoms with Crippen LogP contribution in [0.2, 0.25) is 0 Å². The van der Waals surface area contributed by atoms with Gasteiger partial charge in [0.25, 0.3) is 0 Å². The molecule has 0 aliphatic heterocycles. The van der Waals surface area contributed by atoms with Crippen LogP contribution in [0, 0.1) is 5.92 Å².